The number of nitrogens with zero attached hydrogens (tertiary/aromatic N) is 3. The third-order valence-corrected chi connectivity index (χ3v) is 3.86. The largest absolute Gasteiger partial charge is 0.380 e. The zero-order valence-electron chi connectivity index (χ0n) is 14.1. The van der Waals surface area contributed by atoms with Crippen molar-refractivity contribution in [2.45, 2.75) is 13.5 Å². The van der Waals surface area contributed by atoms with Crippen molar-refractivity contribution < 1.29 is 4.79 Å². The van der Waals surface area contributed by atoms with E-state index in [1.54, 1.807) is 29.7 Å². The Labute approximate surface area is 147 Å². The second-order valence-corrected chi connectivity index (χ2v) is 5.56. The molecule has 1 aromatic carbocycles. The number of aromatic nitrogens is 2. The van der Waals surface area contributed by atoms with Gasteiger partial charge in [0.25, 0.3) is 5.91 Å². The minimum Gasteiger partial charge on any atom is -0.380 e. The van der Waals surface area contributed by atoms with Crippen LogP contribution >= 0.6 is 0 Å². The maximum Gasteiger partial charge on any atom is 0.259 e. The normalized spacial score (nSPS) is 10.3. The van der Waals surface area contributed by atoms with E-state index < -0.39 is 0 Å². The zero-order chi connectivity index (χ0) is 17.5. The number of carbonyl (C=O) groups excluding carboxylic acids is 1. The van der Waals surface area contributed by atoms with Gasteiger partial charge in [0, 0.05) is 43.6 Å². The third kappa shape index (κ3) is 4.20. The molecule has 0 unspecified atom stereocenters. The van der Waals surface area contributed by atoms with Gasteiger partial charge in [0.15, 0.2) is 0 Å². The van der Waals surface area contributed by atoms with Crippen molar-refractivity contribution in [3.05, 3.63) is 84.4 Å². The van der Waals surface area contributed by atoms with Crippen LogP contribution in [0.3, 0.4) is 0 Å². The molecular weight excluding hydrogens is 312 g/mol. The quantitative estimate of drug-likeness (QED) is 0.747. The average molecular weight is 332 g/mol. The van der Waals surface area contributed by atoms with Gasteiger partial charge >= 0.3 is 0 Å². The van der Waals surface area contributed by atoms with Crippen molar-refractivity contribution in [2.75, 3.05) is 16.8 Å². The Morgan fingerprint density at radius 2 is 1.80 bits per heavy atom. The number of benzene rings is 1. The summed E-state index contributed by atoms with van der Waals surface area (Å²) in [7, 11) is 0. The van der Waals surface area contributed by atoms with Gasteiger partial charge in [-0.2, -0.15) is 0 Å². The first-order valence-corrected chi connectivity index (χ1v) is 8.22. The Hall–Kier alpha value is -3.21. The molecule has 0 fully saturated rings. The first-order valence-electron chi connectivity index (χ1n) is 8.22. The number of nitrogens with one attached hydrogen (secondary N) is 1. The van der Waals surface area contributed by atoms with Crippen LogP contribution in [0, 0.1) is 0 Å². The molecule has 3 rings (SSSR count). The highest BCUT2D eigenvalue weighted by atomic mass is 16.2. The van der Waals surface area contributed by atoms with Crippen molar-refractivity contribution in [3.63, 3.8) is 0 Å². The van der Waals surface area contributed by atoms with Crippen LogP contribution in [0.2, 0.25) is 0 Å². The Balaban J connectivity index is 1.75. The van der Waals surface area contributed by atoms with Crippen LogP contribution in [0.4, 0.5) is 11.4 Å². The summed E-state index contributed by atoms with van der Waals surface area (Å²) in [6.45, 7) is 3.21. The fourth-order valence-corrected chi connectivity index (χ4v) is 2.57. The van der Waals surface area contributed by atoms with Crippen LogP contribution in [0.25, 0.3) is 0 Å². The lowest BCUT2D eigenvalue weighted by molar-refractivity contribution is 0.0988. The molecule has 25 heavy (non-hydrogen) atoms. The third-order valence-electron chi connectivity index (χ3n) is 3.86. The van der Waals surface area contributed by atoms with Gasteiger partial charge in [0.2, 0.25) is 0 Å². The minimum atomic E-state index is -0.0613. The molecule has 0 aliphatic heterocycles. The van der Waals surface area contributed by atoms with E-state index >= 15 is 0 Å². The van der Waals surface area contributed by atoms with Crippen molar-refractivity contribution in [2.24, 2.45) is 0 Å². The molecule has 2 aromatic heterocycles. The molecular formula is C20H20N4O. The summed E-state index contributed by atoms with van der Waals surface area (Å²) in [5.74, 6) is -0.0613. The highest BCUT2D eigenvalue weighted by Crippen LogP contribution is 2.18. The van der Waals surface area contributed by atoms with Crippen molar-refractivity contribution >= 4 is 17.3 Å². The lowest BCUT2D eigenvalue weighted by atomic mass is 10.2. The Morgan fingerprint density at radius 3 is 2.52 bits per heavy atom. The van der Waals surface area contributed by atoms with E-state index in [4.69, 9.17) is 0 Å². The van der Waals surface area contributed by atoms with Gasteiger partial charge in [-0.1, -0.05) is 18.2 Å². The van der Waals surface area contributed by atoms with Crippen molar-refractivity contribution in [3.8, 4) is 0 Å². The number of anilines is 2. The fourth-order valence-electron chi connectivity index (χ4n) is 2.57. The molecule has 0 atom stereocenters. The van der Waals surface area contributed by atoms with Gasteiger partial charge in [-0.25, -0.2) is 0 Å². The molecule has 126 valence electrons. The number of para-hydroxylation sites is 1. The molecule has 0 aliphatic carbocycles. The Bertz CT molecular complexity index is 821. The molecule has 0 spiro atoms. The van der Waals surface area contributed by atoms with Crippen LogP contribution in [0.1, 0.15) is 22.8 Å². The Morgan fingerprint density at radius 1 is 1.04 bits per heavy atom. The zero-order valence-corrected chi connectivity index (χ0v) is 14.1. The summed E-state index contributed by atoms with van der Waals surface area (Å²) in [5, 5.41) is 3.29. The molecule has 5 heteroatoms. The van der Waals surface area contributed by atoms with Crippen LogP contribution in [-0.2, 0) is 6.54 Å². The molecule has 2 heterocycles. The van der Waals surface area contributed by atoms with Gasteiger partial charge < -0.3 is 10.2 Å². The lowest BCUT2D eigenvalue weighted by Crippen LogP contribution is -2.30. The lowest BCUT2D eigenvalue weighted by Gasteiger charge is -2.21. The van der Waals surface area contributed by atoms with E-state index in [1.807, 2.05) is 55.5 Å². The topological polar surface area (TPSA) is 58.1 Å². The van der Waals surface area contributed by atoms with Crippen LogP contribution in [0.15, 0.2) is 73.3 Å². The van der Waals surface area contributed by atoms with Crippen LogP contribution in [-0.4, -0.2) is 22.4 Å². The van der Waals surface area contributed by atoms with Crippen molar-refractivity contribution in [1.29, 1.82) is 0 Å². The maximum atomic E-state index is 12.9. The predicted molar refractivity (Wildman–Crippen MR) is 99.6 cm³/mol. The van der Waals surface area contributed by atoms with Gasteiger partial charge in [0.05, 0.1) is 11.3 Å². The van der Waals surface area contributed by atoms with E-state index in [0.29, 0.717) is 18.7 Å². The van der Waals surface area contributed by atoms with Crippen LogP contribution < -0.4 is 10.2 Å². The standard InChI is InChI=1S/C20H20N4O/c1-2-24(19-6-4-3-5-7-19)20(25)17-12-18(15-22-14-17)23-13-16-8-10-21-11-9-16/h3-12,14-15,23H,2,13H2,1H3. The fraction of sp³-hybridized carbons (Fsp3) is 0.150. The minimum absolute atomic E-state index is 0.0613. The molecule has 1 amide bonds. The number of hydrogen-bond acceptors (Lipinski definition) is 4. The molecule has 3 aromatic rings. The number of amides is 1. The smallest absolute Gasteiger partial charge is 0.259 e. The highest BCUT2D eigenvalue weighted by Gasteiger charge is 2.16. The van der Waals surface area contributed by atoms with E-state index in [0.717, 1.165) is 16.9 Å². The first-order chi connectivity index (χ1) is 12.3. The molecule has 0 saturated carbocycles. The summed E-state index contributed by atoms with van der Waals surface area (Å²) in [4.78, 5) is 22.8. The maximum absolute atomic E-state index is 12.9. The van der Waals surface area contributed by atoms with E-state index in [9.17, 15) is 4.79 Å². The van der Waals surface area contributed by atoms with E-state index in [2.05, 4.69) is 15.3 Å². The van der Waals surface area contributed by atoms with Gasteiger partial charge in [-0.15, -0.1) is 0 Å². The highest BCUT2D eigenvalue weighted by molar-refractivity contribution is 6.06. The van der Waals surface area contributed by atoms with E-state index in [1.165, 1.54) is 0 Å². The number of carbonyl (C=O) groups is 1. The number of hydrogen-bond donors (Lipinski definition) is 1. The molecule has 5 nitrogen and oxygen atoms in total. The summed E-state index contributed by atoms with van der Waals surface area (Å²) in [6.07, 6.45) is 6.84. The molecule has 0 saturated heterocycles. The van der Waals surface area contributed by atoms with E-state index in [-0.39, 0.29) is 5.91 Å². The van der Waals surface area contributed by atoms with Crippen LogP contribution in [0.5, 0.6) is 0 Å². The molecule has 0 bridgehead atoms. The summed E-state index contributed by atoms with van der Waals surface area (Å²) >= 11 is 0. The monoisotopic (exact) mass is 332 g/mol. The SMILES string of the molecule is CCN(C(=O)c1cncc(NCc2ccncc2)c1)c1ccccc1. The second kappa shape index (κ2) is 8.06. The predicted octanol–water partition coefficient (Wildman–Crippen LogP) is 3.76. The average Bonchev–Trinajstić information content (AvgIpc) is 2.69. The number of rotatable bonds is 6. The Kier molecular flexibility index (Phi) is 5.36. The summed E-state index contributed by atoms with van der Waals surface area (Å²) in [6, 6.07) is 15.4. The second-order valence-electron chi connectivity index (χ2n) is 5.56. The summed E-state index contributed by atoms with van der Waals surface area (Å²) in [5.41, 5.74) is 3.37. The van der Waals surface area contributed by atoms with Gasteiger partial charge in [-0.3, -0.25) is 14.8 Å². The van der Waals surface area contributed by atoms with Gasteiger partial charge in [-0.05, 0) is 42.8 Å². The first kappa shape index (κ1) is 16.6. The molecule has 0 radical (unpaired) electrons. The molecule has 1 N–H and O–H groups in total. The number of pyridine rings is 2. The molecule has 0 aliphatic rings. The summed E-state index contributed by atoms with van der Waals surface area (Å²) < 4.78 is 0. The van der Waals surface area contributed by atoms with Crippen molar-refractivity contribution in [1.82, 2.24) is 9.97 Å². The van der Waals surface area contributed by atoms with Gasteiger partial charge in [0.1, 0.15) is 0 Å².